The van der Waals surface area contributed by atoms with Crippen molar-refractivity contribution in [1.29, 1.82) is 0 Å². The largest absolute Gasteiger partial charge is 0.416 e. The molecule has 0 radical (unpaired) electrons. The second-order valence-electron chi connectivity index (χ2n) is 4.74. The molecule has 2 amide bonds. The van der Waals surface area contributed by atoms with Crippen LogP contribution in [0.5, 0.6) is 0 Å². The Balaban J connectivity index is 2.60. The molecule has 1 fully saturated rings. The van der Waals surface area contributed by atoms with E-state index in [-0.39, 0.29) is 25.3 Å². The summed E-state index contributed by atoms with van der Waals surface area (Å²) in [6.45, 7) is 0. The smallest absolute Gasteiger partial charge is 0.274 e. The zero-order valence-corrected chi connectivity index (χ0v) is 10.9. The first-order valence-electron chi connectivity index (χ1n) is 6.15. The molecule has 1 aromatic carbocycles. The number of halogens is 6. The molecule has 120 valence electrons. The molecule has 0 aliphatic carbocycles. The van der Waals surface area contributed by atoms with E-state index in [1.54, 1.807) is 0 Å². The van der Waals surface area contributed by atoms with Crippen molar-refractivity contribution in [3.8, 4) is 0 Å². The lowest BCUT2D eigenvalue weighted by molar-refractivity contribution is -0.143. The lowest BCUT2D eigenvalue weighted by atomic mass is 10.0. The van der Waals surface area contributed by atoms with E-state index in [0.29, 0.717) is 17.0 Å². The van der Waals surface area contributed by atoms with Crippen molar-refractivity contribution in [1.82, 2.24) is 0 Å². The number of hydrogen-bond acceptors (Lipinski definition) is 2. The second-order valence-corrected chi connectivity index (χ2v) is 4.74. The van der Waals surface area contributed by atoms with E-state index in [4.69, 9.17) is 0 Å². The Morgan fingerprint density at radius 3 is 1.55 bits per heavy atom. The van der Waals surface area contributed by atoms with Crippen molar-refractivity contribution in [3.05, 3.63) is 29.3 Å². The van der Waals surface area contributed by atoms with Gasteiger partial charge in [0.05, 0.1) is 16.8 Å². The molecule has 22 heavy (non-hydrogen) atoms. The Morgan fingerprint density at radius 1 is 0.773 bits per heavy atom. The van der Waals surface area contributed by atoms with E-state index >= 15 is 0 Å². The van der Waals surface area contributed by atoms with Gasteiger partial charge in [0, 0.05) is 12.8 Å². The van der Waals surface area contributed by atoms with Gasteiger partial charge in [0.2, 0.25) is 11.8 Å². The predicted molar refractivity (Wildman–Crippen MR) is 62.8 cm³/mol. The van der Waals surface area contributed by atoms with E-state index in [1.807, 2.05) is 0 Å². The SMILES string of the molecule is O=C1CCCC(=O)N1c1cc(C(F)(F)F)cc(C(F)(F)F)c1. The highest BCUT2D eigenvalue weighted by Gasteiger charge is 2.39. The van der Waals surface area contributed by atoms with Crippen LogP contribution in [0.15, 0.2) is 18.2 Å². The highest BCUT2D eigenvalue weighted by atomic mass is 19.4. The van der Waals surface area contributed by atoms with Gasteiger partial charge in [0.15, 0.2) is 0 Å². The second kappa shape index (κ2) is 5.29. The molecule has 1 aromatic rings. The predicted octanol–water partition coefficient (Wildman–Crippen LogP) is 3.77. The fraction of sp³-hybridized carbons (Fsp3) is 0.385. The zero-order chi connectivity index (χ0) is 16.7. The zero-order valence-electron chi connectivity index (χ0n) is 10.9. The van der Waals surface area contributed by atoms with Crippen molar-refractivity contribution in [3.63, 3.8) is 0 Å². The van der Waals surface area contributed by atoms with Crippen molar-refractivity contribution in [2.24, 2.45) is 0 Å². The van der Waals surface area contributed by atoms with Crippen LogP contribution in [0.3, 0.4) is 0 Å². The Bertz CT molecular complexity index is 572. The van der Waals surface area contributed by atoms with Crippen LogP contribution >= 0.6 is 0 Å². The molecule has 1 aliphatic rings. The van der Waals surface area contributed by atoms with Gasteiger partial charge in [-0.3, -0.25) is 14.5 Å². The summed E-state index contributed by atoms with van der Waals surface area (Å²) in [5, 5.41) is 0. The van der Waals surface area contributed by atoms with Gasteiger partial charge in [-0.05, 0) is 24.6 Å². The number of anilines is 1. The molecule has 0 bridgehead atoms. The third kappa shape index (κ3) is 3.23. The van der Waals surface area contributed by atoms with Crippen molar-refractivity contribution >= 4 is 17.5 Å². The van der Waals surface area contributed by atoms with E-state index in [1.165, 1.54) is 0 Å². The van der Waals surface area contributed by atoms with Crippen LogP contribution in [0.2, 0.25) is 0 Å². The number of nitrogens with zero attached hydrogens (tertiary/aromatic N) is 1. The van der Waals surface area contributed by atoms with Gasteiger partial charge in [-0.25, -0.2) is 0 Å². The number of alkyl halides is 6. The van der Waals surface area contributed by atoms with Gasteiger partial charge in [-0.2, -0.15) is 26.3 Å². The molecule has 0 saturated carbocycles. The average Bonchev–Trinajstić information content (AvgIpc) is 2.36. The van der Waals surface area contributed by atoms with Crippen LogP contribution < -0.4 is 4.90 Å². The van der Waals surface area contributed by atoms with Crippen LogP contribution in [0.4, 0.5) is 32.0 Å². The number of benzene rings is 1. The average molecular weight is 325 g/mol. The minimum Gasteiger partial charge on any atom is -0.274 e. The summed E-state index contributed by atoms with van der Waals surface area (Å²) in [5.74, 6) is -1.63. The molecule has 0 N–H and O–H groups in total. The van der Waals surface area contributed by atoms with Gasteiger partial charge in [-0.1, -0.05) is 0 Å². The first-order valence-corrected chi connectivity index (χ1v) is 6.15. The van der Waals surface area contributed by atoms with Crippen LogP contribution in [-0.2, 0) is 21.9 Å². The highest BCUT2D eigenvalue weighted by Crippen LogP contribution is 2.39. The maximum absolute atomic E-state index is 12.7. The van der Waals surface area contributed by atoms with Gasteiger partial charge in [0.25, 0.3) is 0 Å². The fourth-order valence-corrected chi connectivity index (χ4v) is 2.11. The molecule has 1 aliphatic heterocycles. The van der Waals surface area contributed by atoms with E-state index in [0.717, 1.165) is 0 Å². The molecule has 2 rings (SSSR count). The van der Waals surface area contributed by atoms with Crippen LogP contribution in [0, 0.1) is 0 Å². The molecule has 1 heterocycles. The topological polar surface area (TPSA) is 37.4 Å². The normalized spacial score (nSPS) is 17.1. The van der Waals surface area contributed by atoms with E-state index in [2.05, 4.69) is 0 Å². The third-order valence-corrected chi connectivity index (χ3v) is 3.11. The monoisotopic (exact) mass is 325 g/mol. The molecule has 0 spiro atoms. The third-order valence-electron chi connectivity index (χ3n) is 3.11. The number of imide groups is 1. The minimum absolute atomic E-state index is 0.0532. The van der Waals surface area contributed by atoms with Crippen molar-refractivity contribution < 1.29 is 35.9 Å². The molecule has 0 aromatic heterocycles. The van der Waals surface area contributed by atoms with Crippen LogP contribution in [-0.4, -0.2) is 11.8 Å². The lowest BCUT2D eigenvalue weighted by Gasteiger charge is -2.26. The maximum atomic E-state index is 12.7. The van der Waals surface area contributed by atoms with Gasteiger partial charge in [0.1, 0.15) is 0 Å². The number of piperidine rings is 1. The van der Waals surface area contributed by atoms with E-state index in [9.17, 15) is 35.9 Å². The molecular formula is C13H9F6NO2. The van der Waals surface area contributed by atoms with Gasteiger partial charge >= 0.3 is 12.4 Å². The molecule has 1 saturated heterocycles. The Kier molecular flexibility index (Phi) is 3.92. The van der Waals surface area contributed by atoms with E-state index < -0.39 is 41.0 Å². The number of amides is 2. The number of carbonyl (C=O) groups excluding carboxylic acids is 2. The summed E-state index contributed by atoms with van der Waals surface area (Å²) < 4.78 is 76.5. The quantitative estimate of drug-likeness (QED) is 0.582. The summed E-state index contributed by atoms with van der Waals surface area (Å²) in [7, 11) is 0. The summed E-state index contributed by atoms with van der Waals surface area (Å²) in [6, 6.07) is 0.690. The first kappa shape index (κ1) is 16.3. The molecule has 0 unspecified atom stereocenters. The summed E-state index contributed by atoms with van der Waals surface area (Å²) in [6.07, 6.45) is -10.1. The highest BCUT2D eigenvalue weighted by molar-refractivity contribution is 6.16. The van der Waals surface area contributed by atoms with Gasteiger partial charge < -0.3 is 0 Å². The minimum atomic E-state index is -5.03. The number of carbonyl (C=O) groups is 2. The molecular weight excluding hydrogens is 316 g/mol. The lowest BCUT2D eigenvalue weighted by Crippen LogP contribution is -2.40. The maximum Gasteiger partial charge on any atom is 0.416 e. The molecule has 0 atom stereocenters. The van der Waals surface area contributed by atoms with Crippen molar-refractivity contribution in [2.45, 2.75) is 31.6 Å². The van der Waals surface area contributed by atoms with Gasteiger partial charge in [-0.15, -0.1) is 0 Å². The summed E-state index contributed by atoms with van der Waals surface area (Å²) in [4.78, 5) is 23.7. The number of hydrogen-bond donors (Lipinski definition) is 0. The summed E-state index contributed by atoms with van der Waals surface area (Å²) in [5.41, 5.74) is -3.84. The Labute approximate surface area is 120 Å². The Morgan fingerprint density at radius 2 is 1.18 bits per heavy atom. The van der Waals surface area contributed by atoms with Crippen LogP contribution in [0.25, 0.3) is 0 Å². The standard InChI is InChI=1S/C13H9F6NO2/c14-12(15,16)7-4-8(13(17,18)19)6-9(5-7)20-10(21)2-1-3-11(20)22/h4-6H,1-3H2. The Hall–Kier alpha value is -2.06. The first-order chi connectivity index (χ1) is 10.00. The molecule has 9 heteroatoms. The molecule has 3 nitrogen and oxygen atoms in total. The van der Waals surface area contributed by atoms with Crippen molar-refractivity contribution in [2.75, 3.05) is 4.90 Å². The number of rotatable bonds is 1. The fourth-order valence-electron chi connectivity index (χ4n) is 2.11. The van der Waals surface area contributed by atoms with Crippen LogP contribution in [0.1, 0.15) is 30.4 Å². The summed E-state index contributed by atoms with van der Waals surface area (Å²) >= 11 is 0.